The van der Waals surface area contributed by atoms with Crippen molar-refractivity contribution >= 4 is 37.8 Å². The molecule has 2 aliphatic rings. The molecule has 22 heteroatoms. The Bertz CT molecular complexity index is 3440. The van der Waals surface area contributed by atoms with E-state index in [1.54, 1.807) is 56.2 Å². The molecule has 0 amide bonds. The molecule has 74 heavy (non-hydrogen) atoms. The third kappa shape index (κ3) is 10.4. The van der Waals surface area contributed by atoms with E-state index in [-0.39, 0.29) is 29.6 Å². The summed E-state index contributed by atoms with van der Waals surface area (Å²) in [6.45, 7) is 10.7. The van der Waals surface area contributed by atoms with E-state index in [1.807, 2.05) is 69.4 Å². The van der Waals surface area contributed by atoms with Crippen LogP contribution in [0.3, 0.4) is 0 Å². The number of halogens is 6. The number of esters is 1. The van der Waals surface area contributed by atoms with E-state index >= 15 is 0 Å². The number of alkyl halides is 4. The minimum absolute atomic E-state index is 0.0476. The number of aliphatic hydroxyl groups is 2. The van der Waals surface area contributed by atoms with E-state index in [1.165, 1.54) is 31.4 Å². The van der Waals surface area contributed by atoms with E-state index in [2.05, 4.69) is 71.0 Å². The van der Waals surface area contributed by atoms with Crippen LogP contribution in [0.25, 0.3) is 67.7 Å². The molecule has 0 aliphatic carbocycles. The van der Waals surface area contributed by atoms with Crippen molar-refractivity contribution in [3.63, 3.8) is 0 Å². The molecule has 0 saturated heterocycles. The van der Waals surface area contributed by atoms with Gasteiger partial charge in [0, 0.05) is 82.8 Å². The van der Waals surface area contributed by atoms with E-state index in [0.717, 1.165) is 49.8 Å². The normalized spacial score (nSPS) is 14.0. The lowest BCUT2D eigenvalue weighted by Crippen LogP contribution is -2.30. The van der Waals surface area contributed by atoms with Crippen LogP contribution in [0, 0.1) is 13.8 Å². The average Bonchev–Trinajstić information content (AvgIpc) is 4.22. The minimum Gasteiger partial charge on any atom is -0.468 e. The Kier molecular flexibility index (Phi) is 14.4. The van der Waals surface area contributed by atoms with E-state index in [4.69, 9.17) is 18.7 Å². The SMILES string of the molecule is CO.COC(=O)C(C)(C)c1cc(-c2ccc(Br)cc2-c2nc(C)oc2-c2ccc3c(c2)OC(F)(F)O3)n(C)n1.Cc1nc(-c2cc(Br)ccc2-c2cc(C(C)(C)CO)nn2C)c(-c2ccc3c(c2)OC(F)(F)O3)o1. The molecule has 4 aromatic carbocycles. The molecule has 10 rings (SSSR count). The van der Waals surface area contributed by atoms with Gasteiger partial charge in [0.15, 0.2) is 46.3 Å². The van der Waals surface area contributed by atoms with Crippen LogP contribution in [0.5, 0.6) is 23.0 Å². The molecular formula is C52H48Br2F4N6O10. The summed E-state index contributed by atoms with van der Waals surface area (Å²) in [5, 5.41) is 26.0. The van der Waals surface area contributed by atoms with Crippen molar-refractivity contribution in [3.8, 4) is 90.7 Å². The number of nitrogens with zero attached hydrogens (tertiary/aromatic N) is 6. The van der Waals surface area contributed by atoms with Gasteiger partial charge in [-0.05, 0) is 86.6 Å². The largest absolute Gasteiger partial charge is 0.586 e. The van der Waals surface area contributed by atoms with Crippen LogP contribution in [-0.4, -0.2) is 79.1 Å². The number of carbonyl (C=O) groups excluding carboxylic acids is 1. The summed E-state index contributed by atoms with van der Waals surface area (Å²) in [5.41, 5.74) is 6.45. The molecule has 6 heterocycles. The molecule has 2 aliphatic heterocycles. The van der Waals surface area contributed by atoms with Gasteiger partial charge in [0.2, 0.25) is 0 Å². The molecule has 0 bridgehead atoms. The third-order valence-corrected chi connectivity index (χ3v) is 13.0. The van der Waals surface area contributed by atoms with Crippen LogP contribution in [0.15, 0.2) is 103 Å². The summed E-state index contributed by atoms with van der Waals surface area (Å²) in [6.07, 6.45) is -7.44. The Hall–Kier alpha value is -7.01. The first-order valence-electron chi connectivity index (χ1n) is 22.5. The molecular weight excluding hydrogens is 1100 g/mol. The topological polar surface area (TPSA) is 191 Å². The quantitative estimate of drug-likeness (QED) is 0.0971. The zero-order chi connectivity index (χ0) is 53.8. The van der Waals surface area contributed by atoms with Crippen molar-refractivity contribution in [2.45, 2.75) is 65.0 Å². The second-order valence-corrected chi connectivity index (χ2v) is 19.9. The first-order chi connectivity index (χ1) is 34.9. The summed E-state index contributed by atoms with van der Waals surface area (Å²) in [6, 6.07) is 24.1. The van der Waals surface area contributed by atoms with E-state index in [9.17, 15) is 27.5 Å². The standard InChI is InChI=1S/C26H22BrF2N3O5.C25H22BrF2N3O4.CH4O/c1-13-30-22(23(35-13)14-6-9-19-20(10-14)37-26(28,29)36-19)17-11-15(27)7-8-16(17)18-12-21(31-32(18)4)25(2,3)24(33)34-5;1-13-29-22(23(33-13)14-5-8-19-20(9-14)35-25(27,28)34-19)17-10-15(26)6-7-16(17)18-11-21(30-31(18)4)24(2,3)12-32;1-2/h6-12H,1-5H3;5-11,32H,12H2,1-4H3;2H,1H3. The maximum Gasteiger partial charge on any atom is 0.586 e. The maximum absolute atomic E-state index is 13.6. The van der Waals surface area contributed by atoms with Crippen molar-refractivity contribution in [1.29, 1.82) is 0 Å². The first-order valence-corrected chi connectivity index (χ1v) is 24.0. The van der Waals surface area contributed by atoms with Crippen LogP contribution in [0.4, 0.5) is 17.6 Å². The van der Waals surface area contributed by atoms with E-state index < -0.39 is 29.4 Å². The van der Waals surface area contributed by atoms with Gasteiger partial charge < -0.3 is 42.7 Å². The number of ether oxygens (including phenoxy) is 5. The Morgan fingerprint density at radius 2 is 1.03 bits per heavy atom. The number of rotatable bonds is 10. The molecule has 4 aromatic heterocycles. The van der Waals surface area contributed by atoms with Gasteiger partial charge in [0.1, 0.15) is 16.8 Å². The number of hydrogen-bond acceptors (Lipinski definition) is 14. The number of methoxy groups -OCH3 is 1. The fraction of sp³-hybridized carbons (Fsp3) is 0.288. The van der Waals surface area contributed by atoms with Crippen LogP contribution in [-0.2, 0) is 34.5 Å². The maximum atomic E-state index is 13.6. The first kappa shape index (κ1) is 53.3. The van der Waals surface area contributed by atoms with Gasteiger partial charge in [-0.2, -0.15) is 10.2 Å². The van der Waals surface area contributed by atoms with Crippen molar-refractivity contribution < 1.29 is 65.1 Å². The number of oxazole rings is 2. The van der Waals surface area contributed by atoms with Crippen molar-refractivity contribution in [1.82, 2.24) is 29.5 Å². The highest BCUT2D eigenvalue weighted by atomic mass is 79.9. The number of aliphatic hydroxyl groups excluding tert-OH is 2. The monoisotopic (exact) mass is 1150 g/mol. The Labute approximate surface area is 438 Å². The van der Waals surface area contributed by atoms with Gasteiger partial charge in [-0.25, -0.2) is 9.97 Å². The Morgan fingerprint density at radius 1 is 0.622 bits per heavy atom. The Balaban J connectivity index is 0.000000191. The van der Waals surface area contributed by atoms with Gasteiger partial charge in [0.05, 0.1) is 36.5 Å². The molecule has 0 radical (unpaired) electrons. The molecule has 0 spiro atoms. The van der Waals surface area contributed by atoms with Crippen LogP contribution in [0.1, 0.15) is 50.9 Å². The molecule has 8 aromatic rings. The number of hydrogen-bond donors (Lipinski definition) is 2. The zero-order valence-corrected chi connectivity index (χ0v) is 44.6. The van der Waals surface area contributed by atoms with Crippen molar-refractivity contribution in [2.75, 3.05) is 20.8 Å². The molecule has 0 atom stereocenters. The Morgan fingerprint density at radius 3 is 1.45 bits per heavy atom. The highest BCUT2D eigenvalue weighted by molar-refractivity contribution is 9.10. The molecule has 388 valence electrons. The predicted octanol–water partition coefficient (Wildman–Crippen LogP) is 11.9. The second-order valence-electron chi connectivity index (χ2n) is 18.1. The average molecular weight is 1150 g/mol. The van der Waals surface area contributed by atoms with Gasteiger partial charge >= 0.3 is 18.6 Å². The minimum atomic E-state index is -3.73. The van der Waals surface area contributed by atoms with Crippen LogP contribution >= 0.6 is 31.9 Å². The molecule has 0 saturated carbocycles. The summed E-state index contributed by atoms with van der Waals surface area (Å²) >= 11 is 7.07. The summed E-state index contributed by atoms with van der Waals surface area (Å²) in [7, 11) is 5.96. The highest BCUT2D eigenvalue weighted by Crippen LogP contribution is 2.48. The number of fused-ring (bicyclic) bond motifs is 2. The fourth-order valence-corrected chi connectivity index (χ4v) is 8.90. The van der Waals surface area contributed by atoms with Crippen LogP contribution < -0.4 is 18.9 Å². The number of aromatic nitrogens is 6. The second kappa shape index (κ2) is 20.0. The number of benzene rings is 4. The lowest BCUT2D eigenvalue weighted by atomic mass is 9.88. The van der Waals surface area contributed by atoms with E-state index in [0.29, 0.717) is 57.1 Å². The van der Waals surface area contributed by atoms with Gasteiger partial charge in [-0.15, -0.1) is 17.6 Å². The zero-order valence-electron chi connectivity index (χ0n) is 41.4. The van der Waals surface area contributed by atoms with Gasteiger partial charge in [0.25, 0.3) is 0 Å². The molecule has 2 N–H and O–H groups in total. The summed E-state index contributed by atoms with van der Waals surface area (Å²) in [4.78, 5) is 21.6. The highest BCUT2D eigenvalue weighted by Gasteiger charge is 2.45. The number of aryl methyl sites for hydroxylation is 4. The predicted molar refractivity (Wildman–Crippen MR) is 270 cm³/mol. The van der Waals surface area contributed by atoms with Crippen molar-refractivity contribution in [2.24, 2.45) is 14.1 Å². The molecule has 16 nitrogen and oxygen atoms in total. The summed E-state index contributed by atoms with van der Waals surface area (Å²) in [5.74, 6) is 0.877. The smallest absolute Gasteiger partial charge is 0.468 e. The summed E-state index contributed by atoms with van der Waals surface area (Å²) < 4.78 is 94.4. The molecule has 0 unspecified atom stereocenters. The van der Waals surface area contributed by atoms with Crippen molar-refractivity contribution in [3.05, 3.63) is 117 Å². The van der Waals surface area contributed by atoms with Gasteiger partial charge in [-0.3, -0.25) is 14.2 Å². The third-order valence-electron chi connectivity index (χ3n) is 12.0. The van der Waals surface area contributed by atoms with Gasteiger partial charge in [-0.1, -0.05) is 57.8 Å². The number of carbonyl (C=O) groups is 1. The lowest BCUT2D eigenvalue weighted by molar-refractivity contribution is -0.287. The molecule has 0 fully saturated rings. The fourth-order valence-electron chi connectivity index (χ4n) is 8.18. The van der Waals surface area contributed by atoms with Crippen LogP contribution in [0.2, 0.25) is 0 Å². The lowest BCUT2D eigenvalue weighted by Gasteiger charge is -2.18.